The van der Waals surface area contributed by atoms with Gasteiger partial charge in [0.2, 0.25) is 0 Å². The molecule has 0 spiro atoms. The zero-order chi connectivity index (χ0) is 8.65. The molecule has 0 aliphatic rings. The normalized spacial score (nSPS) is 10.4. The van der Waals surface area contributed by atoms with Gasteiger partial charge in [-0.1, -0.05) is 0 Å². The van der Waals surface area contributed by atoms with Gasteiger partial charge in [0.25, 0.3) is 0 Å². The second-order valence-corrected chi connectivity index (χ2v) is 2.17. The summed E-state index contributed by atoms with van der Waals surface area (Å²) in [6.07, 6.45) is 5.08. The quantitative estimate of drug-likeness (QED) is 0.375. The molecule has 0 radical (unpaired) electrons. The molecule has 0 amide bonds. The molecule has 0 saturated carbocycles. The maximum atomic E-state index is 8.42. The van der Waals surface area contributed by atoms with Gasteiger partial charge >= 0.3 is 0 Å². The maximum Gasteiger partial charge on any atom is 0.0620 e. The van der Waals surface area contributed by atoms with E-state index in [1.165, 1.54) is 0 Å². The van der Waals surface area contributed by atoms with Gasteiger partial charge in [0.1, 0.15) is 0 Å². The Kier molecular flexibility index (Phi) is 3.80. The van der Waals surface area contributed by atoms with Gasteiger partial charge in [0.15, 0.2) is 0 Å². The topological polar surface area (TPSA) is 57.5 Å². The molecular formula is C8H11N3O. The number of hydrogen-bond acceptors (Lipinski definition) is 4. The predicted octanol–water partition coefficient (Wildman–Crippen LogP) is -0.00260. The van der Waals surface area contributed by atoms with Crippen LogP contribution in [0.1, 0.15) is 5.56 Å². The van der Waals surface area contributed by atoms with E-state index in [9.17, 15) is 0 Å². The fraction of sp³-hybridized carbons (Fsp3) is 0.250. The lowest BCUT2D eigenvalue weighted by Gasteiger charge is -1.94. The van der Waals surface area contributed by atoms with E-state index in [2.05, 4.69) is 15.5 Å². The Labute approximate surface area is 71.0 Å². The number of nitrogens with zero attached hydrogens (tertiary/aromatic N) is 2. The van der Waals surface area contributed by atoms with Gasteiger partial charge in [-0.05, 0) is 17.7 Å². The fourth-order valence-electron chi connectivity index (χ4n) is 0.684. The van der Waals surface area contributed by atoms with Crippen molar-refractivity contribution in [3.63, 3.8) is 0 Å². The highest BCUT2D eigenvalue weighted by atomic mass is 16.3. The van der Waals surface area contributed by atoms with E-state index in [4.69, 9.17) is 5.11 Å². The minimum atomic E-state index is 0.0910. The summed E-state index contributed by atoms with van der Waals surface area (Å²) in [7, 11) is 0. The number of hydrogen-bond donors (Lipinski definition) is 2. The molecule has 4 heteroatoms. The van der Waals surface area contributed by atoms with Crippen LogP contribution < -0.4 is 5.43 Å². The molecular weight excluding hydrogens is 154 g/mol. The lowest BCUT2D eigenvalue weighted by molar-refractivity contribution is 0.294. The molecule has 0 bridgehead atoms. The largest absolute Gasteiger partial charge is 0.394 e. The average Bonchev–Trinajstić information content (AvgIpc) is 2.14. The molecule has 0 aromatic carbocycles. The third-order valence-electron chi connectivity index (χ3n) is 1.23. The fourth-order valence-corrected chi connectivity index (χ4v) is 0.684. The molecule has 0 aliphatic carbocycles. The lowest BCUT2D eigenvalue weighted by Crippen LogP contribution is -2.11. The van der Waals surface area contributed by atoms with Gasteiger partial charge in [-0.25, -0.2) is 0 Å². The highest BCUT2D eigenvalue weighted by Crippen LogP contribution is 1.89. The second kappa shape index (κ2) is 5.26. The smallest absolute Gasteiger partial charge is 0.0620 e. The van der Waals surface area contributed by atoms with Crippen LogP contribution in [0.5, 0.6) is 0 Å². The molecule has 12 heavy (non-hydrogen) atoms. The van der Waals surface area contributed by atoms with Gasteiger partial charge in [0.05, 0.1) is 19.4 Å². The van der Waals surface area contributed by atoms with Crippen molar-refractivity contribution in [1.29, 1.82) is 0 Å². The van der Waals surface area contributed by atoms with Crippen molar-refractivity contribution in [2.75, 3.05) is 13.2 Å². The zero-order valence-corrected chi connectivity index (χ0v) is 6.64. The van der Waals surface area contributed by atoms with E-state index in [0.29, 0.717) is 6.54 Å². The van der Waals surface area contributed by atoms with Crippen LogP contribution in [0.4, 0.5) is 0 Å². The van der Waals surface area contributed by atoms with E-state index in [-0.39, 0.29) is 6.61 Å². The van der Waals surface area contributed by atoms with Crippen LogP contribution in [0.25, 0.3) is 0 Å². The highest BCUT2D eigenvalue weighted by molar-refractivity contribution is 5.78. The Balaban J connectivity index is 2.36. The van der Waals surface area contributed by atoms with Crippen molar-refractivity contribution < 1.29 is 5.11 Å². The molecule has 1 aromatic heterocycles. The summed E-state index contributed by atoms with van der Waals surface area (Å²) in [6.45, 7) is 0.565. The first-order valence-corrected chi connectivity index (χ1v) is 3.70. The summed E-state index contributed by atoms with van der Waals surface area (Å²) >= 11 is 0. The predicted molar refractivity (Wildman–Crippen MR) is 46.9 cm³/mol. The van der Waals surface area contributed by atoms with Crippen molar-refractivity contribution in [3.8, 4) is 0 Å². The summed E-state index contributed by atoms with van der Waals surface area (Å²) in [6, 6.07) is 3.70. The molecule has 1 heterocycles. The Morgan fingerprint density at radius 3 is 2.92 bits per heavy atom. The van der Waals surface area contributed by atoms with Crippen LogP contribution in [0.3, 0.4) is 0 Å². The molecule has 1 aromatic rings. The van der Waals surface area contributed by atoms with E-state index < -0.39 is 0 Å². The summed E-state index contributed by atoms with van der Waals surface area (Å²) in [5.74, 6) is 0. The number of nitrogens with one attached hydrogen (secondary N) is 1. The van der Waals surface area contributed by atoms with Crippen LogP contribution in [0.2, 0.25) is 0 Å². The van der Waals surface area contributed by atoms with Crippen molar-refractivity contribution in [3.05, 3.63) is 30.1 Å². The molecule has 0 fully saturated rings. The molecule has 64 valence electrons. The van der Waals surface area contributed by atoms with Gasteiger partial charge in [-0.2, -0.15) is 5.10 Å². The van der Waals surface area contributed by atoms with Crippen LogP contribution in [0.15, 0.2) is 29.6 Å². The van der Waals surface area contributed by atoms with Crippen LogP contribution in [-0.4, -0.2) is 29.5 Å². The monoisotopic (exact) mass is 165 g/mol. The summed E-state index contributed by atoms with van der Waals surface area (Å²) in [5, 5.41) is 12.3. The standard InChI is InChI=1S/C8H11N3O/c12-6-5-10-11-7-8-1-3-9-4-2-8/h1-4,7,10,12H,5-6H2/b11-7-. The Hall–Kier alpha value is -1.42. The number of aliphatic hydroxyl groups excluding tert-OH is 1. The molecule has 4 nitrogen and oxygen atoms in total. The maximum absolute atomic E-state index is 8.42. The summed E-state index contributed by atoms with van der Waals surface area (Å²) in [5.41, 5.74) is 3.66. The van der Waals surface area contributed by atoms with E-state index in [0.717, 1.165) is 5.56 Å². The number of pyridine rings is 1. The Morgan fingerprint density at radius 2 is 2.25 bits per heavy atom. The van der Waals surface area contributed by atoms with Crippen molar-refractivity contribution >= 4 is 6.21 Å². The number of rotatable bonds is 4. The Morgan fingerprint density at radius 1 is 1.50 bits per heavy atom. The SMILES string of the molecule is OCCN/N=C\c1ccncc1. The molecule has 0 unspecified atom stereocenters. The molecule has 0 atom stereocenters. The van der Waals surface area contributed by atoms with Crippen molar-refractivity contribution in [2.24, 2.45) is 5.10 Å². The summed E-state index contributed by atoms with van der Waals surface area (Å²) < 4.78 is 0. The van der Waals surface area contributed by atoms with Crippen LogP contribution >= 0.6 is 0 Å². The van der Waals surface area contributed by atoms with Gasteiger partial charge in [-0.3, -0.25) is 4.98 Å². The highest BCUT2D eigenvalue weighted by Gasteiger charge is 1.82. The van der Waals surface area contributed by atoms with Crippen LogP contribution in [-0.2, 0) is 0 Å². The van der Waals surface area contributed by atoms with Crippen LogP contribution in [0, 0.1) is 0 Å². The van der Waals surface area contributed by atoms with Gasteiger partial charge in [0, 0.05) is 12.4 Å². The number of hydrazone groups is 1. The van der Waals surface area contributed by atoms with Gasteiger partial charge in [-0.15, -0.1) is 0 Å². The first-order valence-electron chi connectivity index (χ1n) is 3.70. The molecule has 0 aliphatic heterocycles. The Bertz CT molecular complexity index is 235. The minimum Gasteiger partial charge on any atom is -0.394 e. The first-order chi connectivity index (χ1) is 5.93. The second-order valence-electron chi connectivity index (χ2n) is 2.17. The zero-order valence-electron chi connectivity index (χ0n) is 6.64. The minimum absolute atomic E-state index is 0.0910. The summed E-state index contributed by atoms with van der Waals surface area (Å²) in [4.78, 5) is 3.87. The first kappa shape index (κ1) is 8.67. The van der Waals surface area contributed by atoms with E-state index in [1.807, 2.05) is 12.1 Å². The molecule has 0 saturated heterocycles. The van der Waals surface area contributed by atoms with E-state index in [1.54, 1.807) is 18.6 Å². The van der Waals surface area contributed by atoms with E-state index >= 15 is 0 Å². The third kappa shape index (κ3) is 3.12. The average molecular weight is 165 g/mol. The number of aromatic nitrogens is 1. The van der Waals surface area contributed by atoms with Crippen molar-refractivity contribution in [1.82, 2.24) is 10.4 Å². The number of aliphatic hydroxyl groups is 1. The molecule has 1 rings (SSSR count). The van der Waals surface area contributed by atoms with Crippen molar-refractivity contribution in [2.45, 2.75) is 0 Å². The third-order valence-corrected chi connectivity index (χ3v) is 1.23. The molecule has 2 N–H and O–H groups in total. The lowest BCUT2D eigenvalue weighted by atomic mass is 10.3. The van der Waals surface area contributed by atoms with Gasteiger partial charge < -0.3 is 10.5 Å².